The van der Waals surface area contributed by atoms with Crippen LogP contribution in [0.4, 0.5) is 11.8 Å². The van der Waals surface area contributed by atoms with Crippen LogP contribution in [-0.4, -0.2) is 22.5 Å². The van der Waals surface area contributed by atoms with E-state index < -0.39 is 0 Å². The van der Waals surface area contributed by atoms with Crippen molar-refractivity contribution in [3.8, 4) is 0 Å². The lowest BCUT2D eigenvalue weighted by Crippen LogP contribution is -2.02. The van der Waals surface area contributed by atoms with E-state index in [2.05, 4.69) is 15.0 Å². The molecule has 0 fully saturated rings. The number of benzene rings is 1. The summed E-state index contributed by atoms with van der Waals surface area (Å²) >= 11 is 5.86. The van der Waals surface area contributed by atoms with Crippen LogP contribution in [0.5, 0.6) is 0 Å². The van der Waals surface area contributed by atoms with Gasteiger partial charge >= 0.3 is 0 Å². The summed E-state index contributed by atoms with van der Waals surface area (Å²) in [4.78, 5) is 12.5. The zero-order valence-corrected chi connectivity index (χ0v) is 12.8. The molecule has 1 aromatic carbocycles. The second-order valence-electron chi connectivity index (χ2n) is 4.45. The number of anilines is 1. The number of ether oxygens (including phenoxy) is 1. The molecule has 2 aromatic rings. The minimum absolute atomic E-state index is 0.304. The van der Waals surface area contributed by atoms with Gasteiger partial charge in [0.25, 0.3) is 5.95 Å². The van der Waals surface area contributed by atoms with E-state index in [0.29, 0.717) is 35.7 Å². The maximum Gasteiger partial charge on any atom is 0.254 e. The fraction of sp³-hybridized carbons (Fsp3) is 0.267. The third-order valence-electron chi connectivity index (χ3n) is 2.80. The number of aromatic nitrogens is 2. The molecule has 0 amide bonds. The summed E-state index contributed by atoms with van der Waals surface area (Å²) in [5.41, 5.74) is 7.91. The summed E-state index contributed by atoms with van der Waals surface area (Å²) in [6, 6.07) is 7.59. The number of rotatable bonds is 4. The van der Waals surface area contributed by atoms with Crippen molar-refractivity contribution in [2.24, 2.45) is 4.99 Å². The van der Waals surface area contributed by atoms with Crippen LogP contribution in [-0.2, 0) is 11.2 Å². The van der Waals surface area contributed by atoms with E-state index in [9.17, 15) is 0 Å². The zero-order chi connectivity index (χ0) is 15.2. The van der Waals surface area contributed by atoms with Gasteiger partial charge in [0.1, 0.15) is 5.82 Å². The topological polar surface area (TPSA) is 73.4 Å². The molecule has 2 N–H and O–H groups in total. The van der Waals surface area contributed by atoms with Gasteiger partial charge in [-0.25, -0.2) is 4.98 Å². The first-order valence-corrected chi connectivity index (χ1v) is 7.00. The van der Waals surface area contributed by atoms with Gasteiger partial charge in [-0.1, -0.05) is 23.7 Å². The highest BCUT2D eigenvalue weighted by Gasteiger charge is 2.05. The first-order valence-electron chi connectivity index (χ1n) is 6.62. The van der Waals surface area contributed by atoms with Crippen LogP contribution >= 0.6 is 11.6 Å². The van der Waals surface area contributed by atoms with Gasteiger partial charge < -0.3 is 10.5 Å². The van der Waals surface area contributed by atoms with Gasteiger partial charge in [-0.3, -0.25) is 0 Å². The average Bonchev–Trinajstić information content (AvgIpc) is 2.44. The number of hydrogen-bond donors (Lipinski definition) is 1. The number of nitrogens with zero attached hydrogens (tertiary/aromatic N) is 3. The van der Waals surface area contributed by atoms with Crippen molar-refractivity contribution < 1.29 is 4.74 Å². The molecule has 0 bridgehead atoms. The number of nitrogen functional groups attached to an aromatic ring is 1. The molecular weight excluding hydrogens is 288 g/mol. The van der Waals surface area contributed by atoms with Crippen LogP contribution < -0.4 is 5.73 Å². The minimum Gasteiger partial charge on any atom is -0.481 e. The zero-order valence-electron chi connectivity index (χ0n) is 12.0. The Bertz CT molecular complexity index is 641. The Morgan fingerprint density at radius 3 is 2.67 bits per heavy atom. The predicted octanol–water partition coefficient (Wildman–Crippen LogP) is 3.39. The molecule has 2 rings (SSSR count). The summed E-state index contributed by atoms with van der Waals surface area (Å²) in [6.45, 7) is 4.20. The molecule has 1 heterocycles. The second kappa shape index (κ2) is 7.04. The van der Waals surface area contributed by atoms with Crippen molar-refractivity contribution >= 4 is 29.3 Å². The third kappa shape index (κ3) is 4.43. The highest BCUT2D eigenvalue weighted by atomic mass is 35.5. The van der Waals surface area contributed by atoms with Gasteiger partial charge in [0.15, 0.2) is 5.90 Å². The fourth-order valence-electron chi connectivity index (χ4n) is 1.80. The van der Waals surface area contributed by atoms with E-state index >= 15 is 0 Å². The molecule has 5 nitrogen and oxygen atoms in total. The SMILES string of the molecule is CCOC(C)=Nc1ncc(Cc2ccc(Cl)cc2)c(N)n1. The van der Waals surface area contributed by atoms with E-state index in [1.54, 1.807) is 13.1 Å². The Hall–Kier alpha value is -2.14. The van der Waals surface area contributed by atoms with E-state index in [-0.39, 0.29) is 0 Å². The Labute approximate surface area is 128 Å². The van der Waals surface area contributed by atoms with E-state index in [4.69, 9.17) is 22.1 Å². The molecular formula is C15H17ClN4O. The molecule has 0 atom stereocenters. The lowest BCUT2D eigenvalue weighted by Gasteiger charge is -2.06. The quantitative estimate of drug-likeness (QED) is 0.694. The van der Waals surface area contributed by atoms with Gasteiger partial charge in [-0.15, -0.1) is 0 Å². The molecule has 0 saturated carbocycles. The van der Waals surface area contributed by atoms with Crippen molar-refractivity contribution in [2.45, 2.75) is 20.3 Å². The minimum atomic E-state index is 0.304. The summed E-state index contributed by atoms with van der Waals surface area (Å²) in [7, 11) is 0. The molecule has 21 heavy (non-hydrogen) atoms. The second-order valence-corrected chi connectivity index (χ2v) is 4.88. The molecule has 0 aliphatic rings. The summed E-state index contributed by atoms with van der Waals surface area (Å²) in [5.74, 6) is 1.24. The Morgan fingerprint density at radius 1 is 1.33 bits per heavy atom. The molecule has 0 unspecified atom stereocenters. The lowest BCUT2D eigenvalue weighted by atomic mass is 10.1. The van der Waals surface area contributed by atoms with Crippen LogP contribution in [0.2, 0.25) is 5.02 Å². The summed E-state index contributed by atoms with van der Waals surface area (Å²) in [6.07, 6.45) is 2.34. The monoisotopic (exact) mass is 304 g/mol. The van der Waals surface area contributed by atoms with Crippen molar-refractivity contribution in [3.05, 3.63) is 46.6 Å². The van der Waals surface area contributed by atoms with Crippen molar-refractivity contribution in [1.82, 2.24) is 9.97 Å². The van der Waals surface area contributed by atoms with Crippen molar-refractivity contribution in [1.29, 1.82) is 0 Å². The molecule has 6 heteroatoms. The van der Waals surface area contributed by atoms with E-state index in [0.717, 1.165) is 11.1 Å². The average molecular weight is 305 g/mol. The van der Waals surface area contributed by atoms with Crippen LogP contribution in [0.1, 0.15) is 25.0 Å². The van der Waals surface area contributed by atoms with E-state index in [1.807, 2.05) is 31.2 Å². The Balaban J connectivity index is 2.15. The number of nitrogens with two attached hydrogens (primary N) is 1. The molecule has 1 aromatic heterocycles. The summed E-state index contributed by atoms with van der Waals surface area (Å²) < 4.78 is 5.24. The van der Waals surface area contributed by atoms with Crippen LogP contribution in [0.15, 0.2) is 35.5 Å². The Morgan fingerprint density at radius 2 is 2.05 bits per heavy atom. The third-order valence-corrected chi connectivity index (χ3v) is 3.06. The molecule has 0 saturated heterocycles. The standard InChI is InChI=1S/C15H17ClN4O/c1-3-21-10(2)19-15-18-9-12(14(17)20-15)8-11-4-6-13(16)7-5-11/h4-7,9H,3,8H2,1-2H3,(H2,17,18,20). The first kappa shape index (κ1) is 15.3. The Kier molecular flexibility index (Phi) is 5.11. The van der Waals surface area contributed by atoms with Gasteiger partial charge in [0.2, 0.25) is 0 Å². The molecule has 0 radical (unpaired) electrons. The van der Waals surface area contributed by atoms with Crippen molar-refractivity contribution in [2.75, 3.05) is 12.3 Å². The van der Waals surface area contributed by atoms with Crippen LogP contribution in [0.25, 0.3) is 0 Å². The van der Waals surface area contributed by atoms with Crippen LogP contribution in [0, 0.1) is 0 Å². The normalized spacial score (nSPS) is 11.5. The molecule has 0 aliphatic carbocycles. The smallest absolute Gasteiger partial charge is 0.254 e. The first-order chi connectivity index (χ1) is 10.1. The predicted molar refractivity (Wildman–Crippen MR) is 85.1 cm³/mol. The fourth-order valence-corrected chi connectivity index (χ4v) is 1.93. The molecule has 110 valence electrons. The number of hydrogen-bond acceptors (Lipinski definition) is 5. The van der Waals surface area contributed by atoms with E-state index in [1.165, 1.54) is 0 Å². The molecule has 0 aliphatic heterocycles. The van der Waals surface area contributed by atoms with Crippen LogP contribution in [0.3, 0.4) is 0 Å². The number of aliphatic imine (C=N–C) groups is 1. The highest BCUT2D eigenvalue weighted by Crippen LogP contribution is 2.18. The number of halogens is 1. The lowest BCUT2D eigenvalue weighted by molar-refractivity contribution is 0.324. The van der Waals surface area contributed by atoms with Gasteiger partial charge in [-0.2, -0.15) is 9.98 Å². The maximum absolute atomic E-state index is 5.96. The summed E-state index contributed by atoms with van der Waals surface area (Å²) in [5, 5.41) is 0.707. The van der Waals surface area contributed by atoms with Gasteiger partial charge in [0.05, 0.1) is 6.61 Å². The largest absolute Gasteiger partial charge is 0.481 e. The maximum atomic E-state index is 5.96. The highest BCUT2D eigenvalue weighted by molar-refractivity contribution is 6.30. The van der Waals surface area contributed by atoms with Crippen molar-refractivity contribution in [3.63, 3.8) is 0 Å². The van der Waals surface area contributed by atoms with Gasteiger partial charge in [0, 0.05) is 30.1 Å². The molecule has 0 spiro atoms. The van der Waals surface area contributed by atoms with Gasteiger partial charge in [-0.05, 0) is 24.6 Å².